The molecule has 2 aliphatic carbocycles. The van der Waals surface area contributed by atoms with Gasteiger partial charge in [-0.25, -0.2) is 0 Å². The zero-order chi connectivity index (χ0) is 55.4. The van der Waals surface area contributed by atoms with Gasteiger partial charge in [-0.2, -0.15) is 0 Å². The van der Waals surface area contributed by atoms with Gasteiger partial charge in [0.05, 0.1) is 5.41 Å². The highest BCUT2D eigenvalue weighted by molar-refractivity contribution is 6.10. The lowest BCUT2D eigenvalue weighted by atomic mass is 9.68. The van der Waals surface area contributed by atoms with Gasteiger partial charge in [0.2, 0.25) is 0 Å². The molecule has 2 nitrogen and oxygen atoms in total. The number of benzene rings is 10. The van der Waals surface area contributed by atoms with Crippen molar-refractivity contribution < 1.29 is 0 Å². The third kappa shape index (κ3) is 8.69. The Bertz CT molecular complexity index is 3580. The van der Waals surface area contributed by atoms with Crippen molar-refractivity contribution in [1.82, 2.24) is 0 Å². The van der Waals surface area contributed by atoms with Crippen molar-refractivity contribution in [2.75, 3.05) is 9.80 Å². The van der Waals surface area contributed by atoms with Gasteiger partial charge in [0.15, 0.2) is 0 Å². The fourth-order valence-corrected chi connectivity index (χ4v) is 13.0. The van der Waals surface area contributed by atoms with E-state index in [1.165, 1.54) is 99.4 Å². The predicted octanol–water partition coefficient (Wildman–Crippen LogP) is 22.4. The maximum Gasteiger partial charge on any atom is 0.0737 e. The average Bonchev–Trinajstić information content (AvgIpc) is 4.09. The van der Waals surface area contributed by atoms with Crippen molar-refractivity contribution in [2.24, 2.45) is 0 Å². The van der Waals surface area contributed by atoms with Gasteiger partial charge >= 0.3 is 0 Å². The van der Waals surface area contributed by atoms with E-state index < -0.39 is 5.41 Å². The van der Waals surface area contributed by atoms with E-state index in [4.69, 9.17) is 0 Å². The van der Waals surface area contributed by atoms with Crippen molar-refractivity contribution in [3.05, 3.63) is 250 Å². The predicted molar refractivity (Wildman–Crippen MR) is 341 cm³/mol. The second-order valence-electron chi connectivity index (χ2n) is 26.2. The van der Waals surface area contributed by atoms with E-state index >= 15 is 0 Å². The monoisotopic (exact) mass is 1030 g/mol. The second-order valence-corrected chi connectivity index (χ2v) is 26.2. The third-order valence-corrected chi connectivity index (χ3v) is 17.7. The molecule has 0 radical (unpaired) electrons. The van der Waals surface area contributed by atoms with Gasteiger partial charge in [-0.3, -0.25) is 0 Å². The molecule has 79 heavy (non-hydrogen) atoms. The molecule has 2 aliphatic rings. The largest absolute Gasteiger partial charge is 0.310 e. The van der Waals surface area contributed by atoms with Crippen LogP contribution in [0.25, 0.3) is 43.8 Å². The van der Waals surface area contributed by atoms with E-state index in [0.717, 1.165) is 34.1 Å². The number of hydrogen-bond donors (Lipinski definition) is 0. The fourth-order valence-electron chi connectivity index (χ4n) is 13.0. The first kappa shape index (κ1) is 52.0. The molecule has 0 atom stereocenters. The zero-order valence-electron chi connectivity index (χ0n) is 49.2. The highest BCUT2D eigenvalue weighted by Gasteiger charge is 2.54. The van der Waals surface area contributed by atoms with Gasteiger partial charge in [0.25, 0.3) is 0 Å². The van der Waals surface area contributed by atoms with E-state index in [1.54, 1.807) is 0 Å². The van der Waals surface area contributed by atoms with Crippen LogP contribution in [0.15, 0.2) is 194 Å². The summed E-state index contributed by atoms with van der Waals surface area (Å²) in [5.41, 5.74) is 25.1. The Labute approximate surface area is 471 Å². The zero-order valence-corrected chi connectivity index (χ0v) is 49.2. The Kier molecular flexibility index (Phi) is 12.7. The fraction of sp³-hybridized carbons (Fsp3) is 0.273. The summed E-state index contributed by atoms with van der Waals surface area (Å²) in [5, 5.41) is 5.03. The minimum absolute atomic E-state index is 0.0313. The summed E-state index contributed by atoms with van der Waals surface area (Å²) in [4.78, 5) is 4.89. The highest BCUT2D eigenvalue weighted by Crippen LogP contribution is 2.66. The summed E-state index contributed by atoms with van der Waals surface area (Å²) in [6.07, 6.45) is 0. The molecule has 10 aromatic rings. The van der Waals surface area contributed by atoms with Gasteiger partial charge in [-0.15, -0.1) is 0 Å². The molecule has 0 N–H and O–H groups in total. The number of nitrogens with zero attached hydrogens (tertiary/aromatic N) is 2. The first-order valence-electron chi connectivity index (χ1n) is 29.2. The molecule has 12 rings (SSSR count). The Morgan fingerprint density at radius 3 is 0.861 bits per heavy atom. The van der Waals surface area contributed by atoms with Gasteiger partial charge < -0.3 is 9.80 Å². The van der Waals surface area contributed by atoms with Gasteiger partial charge in [-0.1, -0.05) is 218 Å². The highest BCUT2D eigenvalue weighted by atomic mass is 15.1. The van der Waals surface area contributed by atoms with Crippen molar-refractivity contribution in [2.45, 2.75) is 137 Å². The summed E-state index contributed by atoms with van der Waals surface area (Å²) in [6.45, 7) is 32.3. The lowest BCUT2D eigenvalue weighted by Crippen LogP contribution is -2.27. The molecule has 0 unspecified atom stereocenters. The maximum absolute atomic E-state index is 2.54. The van der Waals surface area contributed by atoms with Crippen molar-refractivity contribution in [3.8, 4) is 22.3 Å². The van der Waals surface area contributed by atoms with Crippen molar-refractivity contribution >= 4 is 55.7 Å². The molecule has 2 heteroatoms. The van der Waals surface area contributed by atoms with Crippen LogP contribution in [0.3, 0.4) is 0 Å². The number of fused-ring (bicyclic) bond motifs is 14. The minimum Gasteiger partial charge on any atom is -0.310 e. The Hall–Kier alpha value is -7.68. The SMILES string of the molecule is CC(C)c1ccc(N(c2ccc(C(C)C)cc2)c2ccc3c4c(ccc3c2)-c2ccc3cc(N(c5ccc(C(C)C)cc5)c5ccc(C(C)C)cc5)ccc3c2C42c3ccc(C(C)(C)C)cc3-c3cc(C(C)(C)C)ccc32)cc1. The van der Waals surface area contributed by atoms with Crippen LogP contribution in [-0.2, 0) is 16.2 Å². The number of anilines is 6. The van der Waals surface area contributed by atoms with Crippen LogP contribution in [-0.4, -0.2) is 0 Å². The first-order valence-corrected chi connectivity index (χ1v) is 29.2. The molecule has 0 saturated carbocycles. The van der Waals surface area contributed by atoms with E-state index in [1.807, 2.05) is 0 Å². The van der Waals surface area contributed by atoms with Crippen LogP contribution in [0.4, 0.5) is 34.1 Å². The summed E-state index contributed by atoms with van der Waals surface area (Å²) >= 11 is 0. The topological polar surface area (TPSA) is 6.48 Å². The number of hydrogen-bond acceptors (Lipinski definition) is 2. The van der Waals surface area contributed by atoms with Crippen LogP contribution in [0.2, 0.25) is 0 Å². The molecule has 0 amide bonds. The first-order chi connectivity index (χ1) is 37.7. The van der Waals surface area contributed by atoms with Crippen LogP contribution in [0.5, 0.6) is 0 Å². The van der Waals surface area contributed by atoms with Crippen LogP contribution in [0.1, 0.15) is 176 Å². The molecule has 0 aromatic heterocycles. The maximum atomic E-state index is 2.54. The van der Waals surface area contributed by atoms with E-state index in [0.29, 0.717) is 23.7 Å². The van der Waals surface area contributed by atoms with Gasteiger partial charge in [0, 0.05) is 34.1 Å². The van der Waals surface area contributed by atoms with E-state index in [2.05, 4.69) is 301 Å². The lowest BCUT2D eigenvalue weighted by molar-refractivity contribution is 0.589. The van der Waals surface area contributed by atoms with Crippen LogP contribution < -0.4 is 9.80 Å². The molecular formula is C77H78N2. The van der Waals surface area contributed by atoms with Crippen LogP contribution >= 0.6 is 0 Å². The Balaban J connectivity index is 1.12. The molecule has 0 saturated heterocycles. The summed E-state index contributed by atoms with van der Waals surface area (Å²) in [5.74, 6) is 1.80. The molecule has 1 spiro atoms. The summed E-state index contributed by atoms with van der Waals surface area (Å²) in [7, 11) is 0. The standard InChI is InChI=1S/C77H78N2/c1-47(2)51-15-27-59(28-16-51)78(60-29-17-52(18-30-60)48(3)4)63-35-39-65-55(43-63)23-37-67-68-38-24-56-44-64(79(61-31-19-53(20-32-61)49(5)6)62-33-21-54(22-34-62)50(7)8)36-40-66(56)74(68)77(73(65)67)71-41-25-57(75(9,10)11)45-69(71)70-46-58(76(12,13)14)26-42-72(70)77/h15-50H,1-14H3. The molecule has 0 heterocycles. The van der Waals surface area contributed by atoms with Gasteiger partial charge in [0.1, 0.15) is 0 Å². The minimum atomic E-state index is -0.609. The second kappa shape index (κ2) is 19.3. The van der Waals surface area contributed by atoms with Crippen molar-refractivity contribution in [3.63, 3.8) is 0 Å². The molecular weight excluding hydrogens is 953 g/mol. The normalized spacial score (nSPS) is 13.5. The third-order valence-electron chi connectivity index (χ3n) is 17.7. The van der Waals surface area contributed by atoms with Crippen LogP contribution in [0, 0.1) is 0 Å². The summed E-state index contributed by atoms with van der Waals surface area (Å²) in [6, 6.07) is 76.0. The molecule has 0 fully saturated rings. The average molecular weight is 1030 g/mol. The molecule has 0 bridgehead atoms. The molecule has 0 aliphatic heterocycles. The van der Waals surface area contributed by atoms with Crippen molar-refractivity contribution in [1.29, 1.82) is 0 Å². The number of rotatable bonds is 10. The Morgan fingerprint density at radius 2 is 0.582 bits per heavy atom. The smallest absolute Gasteiger partial charge is 0.0737 e. The Morgan fingerprint density at radius 1 is 0.291 bits per heavy atom. The quantitative estimate of drug-likeness (QED) is 0.135. The molecule has 396 valence electrons. The van der Waals surface area contributed by atoms with E-state index in [9.17, 15) is 0 Å². The summed E-state index contributed by atoms with van der Waals surface area (Å²) < 4.78 is 0. The molecule has 10 aromatic carbocycles. The van der Waals surface area contributed by atoms with Gasteiger partial charge in [-0.05, 0) is 207 Å². The lowest BCUT2D eigenvalue weighted by Gasteiger charge is -2.33. The van der Waals surface area contributed by atoms with E-state index in [-0.39, 0.29) is 10.8 Å².